The van der Waals surface area contributed by atoms with E-state index in [4.69, 9.17) is 16.3 Å². The number of nitrogens with one attached hydrogen (secondary N) is 1. The van der Waals surface area contributed by atoms with Gasteiger partial charge in [0.15, 0.2) is 0 Å². The molecule has 1 unspecified atom stereocenters. The first kappa shape index (κ1) is 20.5. The van der Waals surface area contributed by atoms with E-state index in [-0.39, 0.29) is 12.5 Å². The molecule has 2 aromatic carbocycles. The van der Waals surface area contributed by atoms with Gasteiger partial charge >= 0.3 is 0 Å². The van der Waals surface area contributed by atoms with Crippen molar-refractivity contribution < 1.29 is 9.53 Å². The maximum Gasteiger partial charge on any atom is 0.244 e. The smallest absolute Gasteiger partial charge is 0.244 e. The molecular formula is C21H20ClN7O2. The Morgan fingerprint density at radius 3 is 2.74 bits per heavy atom. The zero-order valence-electron chi connectivity index (χ0n) is 16.9. The predicted molar refractivity (Wildman–Crippen MR) is 114 cm³/mol. The molecule has 4 aromatic rings. The van der Waals surface area contributed by atoms with Crippen LogP contribution in [0.1, 0.15) is 17.4 Å². The maximum atomic E-state index is 12.8. The summed E-state index contributed by atoms with van der Waals surface area (Å²) in [6.07, 6.45) is 3.51. The highest BCUT2D eigenvalue weighted by Gasteiger charge is 2.22. The van der Waals surface area contributed by atoms with E-state index in [1.807, 2.05) is 42.1 Å². The van der Waals surface area contributed by atoms with Crippen LogP contribution in [0.25, 0.3) is 11.4 Å². The molecule has 4 rings (SSSR count). The Labute approximate surface area is 183 Å². The van der Waals surface area contributed by atoms with Crippen LogP contribution in [-0.4, -0.2) is 42.8 Å². The first-order chi connectivity index (χ1) is 15.0. The molecule has 0 radical (unpaired) electrons. The molecule has 0 fully saturated rings. The SMILES string of the molecule is COc1cccc(C(NC(=O)Cn2nnc(-c3ccc(Cl)cc3)n2)c2nccn2C)c1. The predicted octanol–water partition coefficient (Wildman–Crippen LogP) is 2.64. The number of rotatable bonds is 7. The number of carbonyl (C=O) groups excluding carboxylic acids is 1. The molecule has 1 N–H and O–H groups in total. The molecule has 0 aliphatic rings. The number of imidazole rings is 1. The lowest BCUT2D eigenvalue weighted by Crippen LogP contribution is -2.34. The summed E-state index contributed by atoms with van der Waals surface area (Å²) in [5, 5.41) is 15.9. The minimum Gasteiger partial charge on any atom is -0.497 e. The van der Waals surface area contributed by atoms with Crippen molar-refractivity contribution in [3.8, 4) is 17.1 Å². The van der Waals surface area contributed by atoms with Crippen LogP contribution in [0, 0.1) is 0 Å². The summed E-state index contributed by atoms with van der Waals surface area (Å²) in [5.41, 5.74) is 1.61. The summed E-state index contributed by atoms with van der Waals surface area (Å²) in [7, 11) is 3.47. The number of halogens is 1. The van der Waals surface area contributed by atoms with Crippen LogP contribution in [-0.2, 0) is 18.4 Å². The van der Waals surface area contributed by atoms with Gasteiger partial charge in [0.05, 0.1) is 7.11 Å². The van der Waals surface area contributed by atoms with E-state index < -0.39 is 6.04 Å². The van der Waals surface area contributed by atoms with E-state index in [1.54, 1.807) is 37.6 Å². The third-order valence-electron chi connectivity index (χ3n) is 4.69. The number of tetrazole rings is 1. The molecule has 0 spiro atoms. The first-order valence-electron chi connectivity index (χ1n) is 9.48. The van der Waals surface area contributed by atoms with Crippen molar-refractivity contribution >= 4 is 17.5 Å². The molecule has 158 valence electrons. The van der Waals surface area contributed by atoms with Gasteiger partial charge < -0.3 is 14.6 Å². The van der Waals surface area contributed by atoms with Gasteiger partial charge in [-0.25, -0.2) is 4.98 Å². The molecule has 10 heteroatoms. The fraction of sp³-hybridized carbons (Fsp3) is 0.190. The maximum absolute atomic E-state index is 12.8. The Balaban J connectivity index is 1.53. The summed E-state index contributed by atoms with van der Waals surface area (Å²) in [6, 6.07) is 14.1. The van der Waals surface area contributed by atoms with Crippen LogP contribution in [0.2, 0.25) is 5.02 Å². The molecule has 2 heterocycles. The lowest BCUT2D eigenvalue weighted by atomic mass is 10.1. The minimum absolute atomic E-state index is 0.0918. The number of hydrogen-bond acceptors (Lipinski definition) is 6. The number of nitrogens with zero attached hydrogens (tertiary/aromatic N) is 6. The average molecular weight is 438 g/mol. The summed E-state index contributed by atoms with van der Waals surface area (Å²) in [6.45, 7) is -0.0918. The van der Waals surface area contributed by atoms with Gasteiger partial charge in [0.25, 0.3) is 0 Å². The van der Waals surface area contributed by atoms with Crippen molar-refractivity contribution in [3.63, 3.8) is 0 Å². The Morgan fingerprint density at radius 1 is 1.23 bits per heavy atom. The monoisotopic (exact) mass is 437 g/mol. The lowest BCUT2D eigenvalue weighted by molar-refractivity contribution is -0.122. The van der Waals surface area contributed by atoms with Crippen LogP contribution < -0.4 is 10.1 Å². The number of aryl methyl sites for hydroxylation is 1. The third kappa shape index (κ3) is 4.72. The van der Waals surface area contributed by atoms with Crippen molar-refractivity contribution in [1.82, 2.24) is 35.1 Å². The normalized spacial score (nSPS) is 11.8. The third-order valence-corrected chi connectivity index (χ3v) is 4.94. The second kappa shape index (κ2) is 8.97. The fourth-order valence-corrected chi connectivity index (χ4v) is 3.26. The van der Waals surface area contributed by atoms with Gasteiger partial charge in [0.1, 0.15) is 24.2 Å². The van der Waals surface area contributed by atoms with Crippen LogP contribution in [0.4, 0.5) is 0 Å². The van der Waals surface area contributed by atoms with E-state index in [2.05, 4.69) is 25.7 Å². The van der Waals surface area contributed by atoms with Crippen molar-refractivity contribution in [1.29, 1.82) is 0 Å². The molecule has 0 aliphatic heterocycles. The van der Waals surface area contributed by atoms with E-state index >= 15 is 0 Å². The van der Waals surface area contributed by atoms with E-state index in [0.29, 0.717) is 22.4 Å². The topological polar surface area (TPSA) is 99.8 Å². The number of amides is 1. The standard InChI is InChI=1S/C21H20ClN7O2/c1-28-11-10-23-21(28)19(15-4-3-5-17(12-15)31-2)24-18(30)13-29-26-20(25-27-29)14-6-8-16(22)9-7-14/h3-12,19H,13H2,1-2H3,(H,24,30). The highest BCUT2D eigenvalue weighted by atomic mass is 35.5. The van der Waals surface area contributed by atoms with Crippen molar-refractivity contribution in [2.45, 2.75) is 12.6 Å². The zero-order valence-corrected chi connectivity index (χ0v) is 17.7. The number of methoxy groups -OCH3 is 1. The number of aromatic nitrogens is 6. The highest BCUT2D eigenvalue weighted by molar-refractivity contribution is 6.30. The molecule has 0 aliphatic carbocycles. The molecule has 9 nitrogen and oxygen atoms in total. The number of ether oxygens (including phenoxy) is 1. The molecule has 0 bridgehead atoms. The highest BCUT2D eigenvalue weighted by Crippen LogP contribution is 2.24. The van der Waals surface area contributed by atoms with Gasteiger partial charge in [0.2, 0.25) is 11.7 Å². The molecule has 0 saturated heterocycles. The van der Waals surface area contributed by atoms with Gasteiger partial charge in [-0.05, 0) is 47.2 Å². The van der Waals surface area contributed by atoms with Gasteiger partial charge in [-0.1, -0.05) is 23.7 Å². The summed E-state index contributed by atoms with van der Waals surface area (Å²) in [4.78, 5) is 18.5. The number of benzene rings is 2. The second-order valence-electron chi connectivity index (χ2n) is 6.82. The van der Waals surface area contributed by atoms with Crippen LogP contribution in [0.3, 0.4) is 0 Å². The molecule has 0 saturated carbocycles. The van der Waals surface area contributed by atoms with Crippen molar-refractivity contribution in [2.24, 2.45) is 7.05 Å². The molecular weight excluding hydrogens is 418 g/mol. The first-order valence-corrected chi connectivity index (χ1v) is 9.85. The Hall–Kier alpha value is -3.72. The minimum atomic E-state index is -0.471. The lowest BCUT2D eigenvalue weighted by Gasteiger charge is -2.19. The Kier molecular flexibility index (Phi) is 5.94. The molecule has 31 heavy (non-hydrogen) atoms. The van der Waals surface area contributed by atoms with Crippen molar-refractivity contribution in [2.75, 3.05) is 7.11 Å². The van der Waals surface area contributed by atoms with E-state index in [0.717, 1.165) is 11.1 Å². The van der Waals surface area contributed by atoms with Gasteiger partial charge in [-0.3, -0.25) is 4.79 Å². The fourth-order valence-electron chi connectivity index (χ4n) is 3.13. The summed E-state index contributed by atoms with van der Waals surface area (Å²) < 4.78 is 7.18. The molecule has 1 atom stereocenters. The van der Waals surface area contributed by atoms with Crippen LogP contribution in [0.15, 0.2) is 60.9 Å². The summed E-state index contributed by atoms with van der Waals surface area (Å²) in [5.74, 6) is 1.51. The van der Waals surface area contributed by atoms with Crippen molar-refractivity contribution in [3.05, 3.63) is 77.3 Å². The molecule has 2 aromatic heterocycles. The van der Waals surface area contributed by atoms with Gasteiger partial charge in [-0.15, -0.1) is 10.2 Å². The average Bonchev–Trinajstić information content (AvgIpc) is 3.41. The Bertz CT molecular complexity index is 1190. The quantitative estimate of drug-likeness (QED) is 0.477. The second-order valence-corrected chi connectivity index (χ2v) is 7.26. The number of carbonyl (C=O) groups is 1. The summed E-state index contributed by atoms with van der Waals surface area (Å²) >= 11 is 5.92. The largest absolute Gasteiger partial charge is 0.497 e. The van der Waals surface area contributed by atoms with Crippen LogP contribution >= 0.6 is 11.6 Å². The number of hydrogen-bond donors (Lipinski definition) is 1. The van der Waals surface area contributed by atoms with E-state index in [9.17, 15) is 4.79 Å². The molecule has 1 amide bonds. The zero-order chi connectivity index (χ0) is 21.8. The van der Waals surface area contributed by atoms with Gasteiger partial charge in [-0.2, -0.15) is 4.80 Å². The van der Waals surface area contributed by atoms with Gasteiger partial charge in [0, 0.05) is 30.0 Å². The Morgan fingerprint density at radius 2 is 2.03 bits per heavy atom. The van der Waals surface area contributed by atoms with E-state index in [1.165, 1.54) is 4.80 Å². The van der Waals surface area contributed by atoms with Crippen LogP contribution in [0.5, 0.6) is 5.75 Å².